The van der Waals surface area contributed by atoms with E-state index in [1.54, 1.807) is 0 Å². The number of likely N-dealkylation sites (N-methyl/N-ethyl adjacent to an activating group) is 1. The second-order valence-electron chi connectivity index (χ2n) is 4.79. The highest BCUT2D eigenvalue weighted by Gasteiger charge is 2.05. The molecule has 112 valence electrons. The molecule has 0 aromatic rings. The summed E-state index contributed by atoms with van der Waals surface area (Å²) in [4.78, 5) is 6.61. The molecule has 0 N–H and O–H groups in total. The van der Waals surface area contributed by atoms with E-state index in [-0.39, 0.29) is 0 Å². The van der Waals surface area contributed by atoms with Crippen LogP contribution in [0.3, 0.4) is 0 Å². The number of amidine groups is 1. The fourth-order valence-corrected chi connectivity index (χ4v) is 1.39. The highest BCUT2D eigenvalue weighted by atomic mass is 16.5. The van der Waals surface area contributed by atoms with Gasteiger partial charge in [0.1, 0.15) is 12.4 Å². The molecule has 0 spiro atoms. The predicted molar refractivity (Wildman–Crippen MR) is 88.8 cm³/mol. The van der Waals surface area contributed by atoms with Crippen LogP contribution in [0.4, 0.5) is 0 Å². The molecule has 20 heavy (non-hydrogen) atoms. The molecule has 0 rings (SSSR count). The van der Waals surface area contributed by atoms with E-state index < -0.39 is 0 Å². The predicted octanol–water partition coefficient (Wildman–Crippen LogP) is 4.31. The van der Waals surface area contributed by atoms with Crippen LogP contribution in [0.2, 0.25) is 0 Å². The zero-order valence-electron chi connectivity index (χ0n) is 13.7. The van der Waals surface area contributed by atoms with Crippen LogP contribution in [0.5, 0.6) is 0 Å². The van der Waals surface area contributed by atoms with Gasteiger partial charge in [-0.05, 0) is 44.9 Å². The SMILES string of the molecule is C=C(C)/C(=C\C=C/C)N=C(CO/C(C)=C/CC)N(C)C. The lowest BCUT2D eigenvalue weighted by molar-refractivity contribution is 0.250. The molecular formula is C17H28N2O. The third-order valence-electron chi connectivity index (χ3n) is 2.57. The van der Waals surface area contributed by atoms with Crippen LogP contribution in [0.25, 0.3) is 0 Å². The summed E-state index contributed by atoms with van der Waals surface area (Å²) in [5.41, 5.74) is 1.80. The van der Waals surface area contributed by atoms with Crippen LogP contribution >= 0.6 is 0 Å². The van der Waals surface area contributed by atoms with Crippen molar-refractivity contribution in [2.75, 3.05) is 20.7 Å². The van der Waals surface area contributed by atoms with E-state index in [0.29, 0.717) is 6.61 Å². The normalized spacial score (nSPS) is 13.8. The molecule has 0 unspecified atom stereocenters. The van der Waals surface area contributed by atoms with Crippen LogP contribution in [0.1, 0.15) is 34.1 Å². The first-order valence-electron chi connectivity index (χ1n) is 6.95. The molecule has 0 saturated heterocycles. The minimum Gasteiger partial charge on any atom is -0.491 e. The zero-order chi connectivity index (χ0) is 15.5. The molecular weight excluding hydrogens is 248 g/mol. The lowest BCUT2D eigenvalue weighted by Gasteiger charge is -2.17. The second-order valence-corrected chi connectivity index (χ2v) is 4.79. The Balaban J connectivity index is 5.09. The van der Waals surface area contributed by atoms with Crippen molar-refractivity contribution >= 4 is 5.84 Å². The lowest BCUT2D eigenvalue weighted by atomic mass is 10.2. The van der Waals surface area contributed by atoms with Gasteiger partial charge in [-0.15, -0.1) is 0 Å². The van der Waals surface area contributed by atoms with Gasteiger partial charge in [-0.25, -0.2) is 4.99 Å². The molecule has 0 bridgehead atoms. The lowest BCUT2D eigenvalue weighted by Crippen LogP contribution is -2.26. The van der Waals surface area contributed by atoms with Crippen molar-refractivity contribution < 1.29 is 4.74 Å². The van der Waals surface area contributed by atoms with Gasteiger partial charge in [-0.2, -0.15) is 0 Å². The van der Waals surface area contributed by atoms with Crippen LogP contribution in [-0.4, -0.2) is 31.4 Å². The van der Waals surface area contributed by atoms with E-state index in [0.717, 1.165) is 29.3 Å². The van der Waals surface area contributed by atoms with Crippen LogP contribution in [0.15, 0.2) is 52.9 Å². The summed E-state index contributed by atoms with van der Waals surface area (Å²) in [5.74, 6) is 1.80. The summed E-state index contributed by atoms with van der Waals surface area (Å²) in [6.45, 7) is 12.4. The van der Waals surface area contributed by atoms with Crippen molar-refractivity contribution in [1.29, 1.82) is 0 Å². The molecule has 0 saturated carbocycles. The van der Waals surface area contributed by atoms with Crippen LogP contribution < -0.4 is 0 Å². The maximum absolute atomic E-state index is 5.70. The third kappa shape index (κ3) is 7.62. The minimum absolute atomic E-state index is 0.454. The molecule has 0 fully saturated rings. The average Bonchev–Trinajstić information content (AvgIpc) is 2.37. The molecule has 0 aliphatic rings. The number of hydrogen-bond donors (Lipinski definition) is 0. The van der Waals surface area contributed by atoms with Gasteiger partial charge in [0.25, 0.3) is 0 Å². The third-order valence-corrected chi connectivity index (χ3v) is 2.57. The molecule has 0 heterocycles. The molecule has 0 aliphatic carbocycles. The summed E-state index contributed by atoms with van der Waals surface area (Å²) in [6.07, 6.45) is 8.92. The molecule has 0 radical (unpaired) electrons. The zero-order valence-corrected chi connectivity index (χ0v) is 13.7. The van der Waals surface area contributed by atoms with Crippen molar-refractivity contribution in [2.45, 2.75) is 34.1 Å². The van der Waals surface area contributed by atoms with Gasteiger partial charge in [-0.3, -0.25) is 0 Å². The minimum atomic E-state index is 0.454. The Morgan fingerprint density at radius 3 is 2.40 bits per heavy atom. The van der Waals surface area contributed by atoms with Crippen molar-refractivity contribution in [3.8, 4) is 0 Å². The number of rotatable bonds is 7. The van der Waals surface area contributed by atoms with E-state index in [4.69, 9.17) is 4.74 Å². The topological polar surface area (TPSA) is 24.8 Å². The van der Waals surface area contributed by atoms with E-state index in [9.17, 15) is 0 Å². The smallest absolute Gasteiger partial charge is 0.145 e. The van der Waals surface area contributed by atoms with Gasteiger partial charge >= 0.3 is 0 Å². The van der Waals surface area contributed by atoms with E-state index in [2.05, 4.69) is 24.6 Å². The van der Waals surface area contributed by atoms with Crippen molar-refractivity contribution in [2.24, 2.45) is 4.99 Å². The van der Waals surface area contributed by atoms with Crippen molar-refractivity contribution in [3.63, 3.8) is 0 Å². The first-order valence-corrected chi connectivity index (χ1v) is 6.95. The average molecular weight is 276 g/mol. The Hall–Kier alpha value is -1.77. The summed E-state index contributed by atoms with van der Waals surface area (Å²) in [7, 11) is 3.93. The highest BCUT2D eigenvalue weighted by Crippen LogP contribution is 2.10. The van der Waals surface area contributed by atoms with Crippen LogP contribution in [-0.2, 0) is 4.74 Å². The van der Waals surface area contributed by atoms with Gasteiger partial charge < -0.3 is 9.64 Å². The standard InChI is InChI=1S/C17H28N2O/c1-8-10-12-16(14(3)4)18-17(19(6)7)13-20-15(5)11-9-2/h8,10-12H,3,9,13H2,1-2,4-7H3/b10-8-,15-11+,16-12+,18-17?. The van der Waals surface area contributed by atoms with E-state index in [1.165, 1.54) is 0 Å². The summed E-state index contributed by atoms with van der Waals surface area (Å²) >= 11 is 0. The van der Waals surface area contributed by atoms with Gasteiger partial charge in [0, 0.05) is 14.1 Å². The Bertz CT molecular complexity index is 426. The number of ether oxygens (including phenoxy) is 1. The first-order chi connectivity index (χ1) is 9.42. The molecule has 0 aromatic carbocycles. The Morgan fingerprint density at radius 1 is 1.30 bits per heavy atom. The molecule has 3 nitrogen and oxygen atoms in total. The quantitative estimate of drug-likeness (QED) is 0.299. The molecule has 0 aromatic heterocycles. The molecule has 0 atom stereocenters. The fourth-order valence-electron chi connectivity index (χ4n) is 1.39. The summed E-state index contributed by atoms with van der Waals surface area (Å²) < 4.78 is 5.70. The second kappa shape index (κ2) is 10.1. The number of aliphatic imine (C=N–C) groups is 1. The summed E-state index contributed by atoms with van der Waals surface area (Å²) in [5, 5.41) is 0. The van der Waals surface area contributed by atoms with Crippen molar-refractivity contribution in [3.05, 3.63) is 47.9 Å². The summed E-state index contributed by atoms with van der Waals surface area (Å²) in [6, 6.07) is 0. The molecule has 0 amide bonds. The number of hydrogen-bond acceptors (Lipinski definition) is 2. The van der Waals surface area contributed by atoms with Gasteiger partial charge in [0.15, 0.2) is 0 Å². The maximum atomic E-state index is 5.70. The van der Waals surface area contributed by atoms with Crippen molar-refractivity contribution in [1.82, 2.24) is 4.90 Å². The number of allylic oxidation sites excluding steroid dienone is 6. The number of nitrogens with zero attached hydrogens (tertiary/aromatic N) is 2. The van der Waals surface area contributed by atoms with E-state index in [1.807, 2.05) is 58.0 Å². The van der Waals surface area contributed by atoms with E-state index >= 15 is 0 Å². The Kier molecular flexibility index (Phi) is 9.18. The van der Waals surface area contributed by atoms with Gasteiger partial charge in [0.2, 0.25) is 0 Å². The Labute approximate surface area is 124 Å². The monoisotopic (exact) mass is 276 g/mol. The fraction of sp³-hybridized carbons (Fsp3) is 0.471. The largest absolute Gasteiger partial charge is 0.491 e. The molecule has 0 aliphatic heterocycles. The first kappa shape index (κ1) is 18.2. The van der Waals surface area contributed by atoms with Crippen LogP contribution in [0, 0.1) is 0 Å². The van der Waals surface area contributed by atoms with Gasteiger partial charge in [-0.1, -0.05) is 25.7 Å². The maximum Gasteiger partial charge on any atom is 0.145 e. The highest BCUT2D eigenvalue weighted by molar-refractivity contribution is 5.84. The Morgan fingerprint density at radius 2 is 1.95 bits per heavy atom. The van der Waals surface area contributed by atoms with Gasteiger partial charge in [0.05, 0.1) is 11.5 Å². The molecule has 3 heteroatoms.